The average Bonchev–Trinajstić information content (AvgIpc) is 2.54. The van der Waals surface area contributed by atoms with Crippen LogP contribution in [0.3, 0.4) is 0 Å². The first kappa shape index (κ1) is 14.9. The second kappa shape index (κ2) is 6.78. The van der Waals surface area contributed by atoms with Crippen molar-refractivity contribution in [2.45, 2.75) is 13.2 Å². The van der Waals surface area contributed by atoms with Gasteiger partial charge in [0, 0.05) is 0 Å². The molecule has 0 aliphatic rings. The van der Waals surface area contributed by atoms with Crippen molar-refractivity contribution in [1.82, 2.24) is 0 Å². The summed E-state index contributed by atoms with van der Waals surface area (Å²) >= 11 is 0. The smallest absolute Gasteiger partial charge is 0.346 e. The van der Waals surface area contributed by atoms with Gasteiger partial charge in [0.25, 0.3) is 0 Å². The van der Waals surface area contributed by atoms with Crippen molar-refractivity contribution in [1.29, 1.82) is 0 Å². The number of rotatable bonds is 4. The van der Waals surface area contributed by atoms with Crippen LogP contribution in [-0.4, -0.2) is 22.2 Å². The van der Waals surface area contributed by atoms with Crippen LogP contribution >= 0.6 is 0 Å². The average molecular weight is 286 g/mol. The molecule has 0 atom stereocenters. The van der Waals surface area contributed by atoms with E-state index in [1.807, 2.05) is 0 Å². The Hall–Kier alpha value is -2.50. The number of hydrogen-bond acceptors (Lipinski definition) is 5. The molecule has 0 radical (unpaired) electrons. The van der Waals surface area contributed by atoms with E-state index < -0.39 is 11.9 Å². The van der Waals surface area contributed by atoms with Gasteiger partial charge in [-0.1, -0.05) is 36.4 Å². The van der Waals surface area contributed by atoms with Crippen molar-refractivity contribution in [2.24, 2.45) is 0 Å². The van der Waals surface area contributed by atoms with Gasteiger partial charge < -0.3 is 14.9 Å². The van der Waals surface area contributed by atoms with Gasteiger partial charge in [0.2, 0.25) is 0 Å². The Kier molecular flexibility index (Phi) is 4.81. The molecule has 0 unspecified atom stereocenters. The Morgan fingerprint density at radius 1 is 0.762 bits per heavy atom. The van der Waals surface area contributed by atoms with E-state index >= 15 is 0 Å². The maximum atomic E-state index is 12.0. The predicted octanol–water partition coefficient (Wildman–Crippen LogP) is 1.67. The van der Waals surface area contributed by atoms with Gasteiger partial charge in [0.1, 0.15) is 0 Å². The van der Waals surface area contributed by atoms with Crippen LogP contribution in [0, 0.1) is 0 Å². The standard InChI is InChI=1S/C16H14O5/c17-9-11-5-1-3-7-13(11)15(19)21-16(20)14-8-4-2-6-12(14)10-18/h1-8,17-18H,9-10H2. The van der Waals surface area contributed by atoms with Crippen LogP contribution in [0.4, 0.5) is 0 Å². The molecular formula is C16H14O5. The molecule has 0 bridgehead atoms. The molecule has 2 rings (SSSR count). The Morgan fingerprint density at radius 2 is 1.14 bits per heavy atom. The number of hydrogen-bond donors (Lipinski definition) is 2. The van der Waals surface area contributed by atoms with Gasteiger partial charge in [-0.2, -0.15) is 0 Å². The summed E-state index contributed by atoms with van der Waals surface area (Å²) in [6.45, 7) is -0.653. The lowest BCUT2D eigenvalue weighted by Crippen LogP contribution is -2.16. The van der Waals surface area contributed by atoms with Crippen LogP contribution in [0.25, 0.3) is 0 Å². The maximum absolute atomic E-state index is 12.0. The van der Waals surface area contributed by atoms with Gasteiger partial charge in [-0.05, 0) is 23.3 Å². The molecule has 2 aromatic carbocycles. The van der Waals surface area contributed by atoms with Gasteiger partial charge in [0.15, 0.2) is 0 Å². The fourth-order valence-corrected chi connectivity index (χ4v) is 1.91. The SMILES string of the molecule is O=C(OC(=O)c1ccccc1CO)c1ccccc1CO. The summed E-state index contributed by atoms with van der Waals surface area (Å²) in [4.78, 5) is 24.0. The summed E-state index contributed by atoms with van der Waals surface area (Å²) < 4.78 is 4.81. The minimum Gasteiger partial charge on any atom is -0.392 e. The van der Waals surface area contributed by atoms with Crippen LogP contribution < -0.4 is 0 Å². The fourth-order valence-electron chi connectivity index (χ4n) is 1.91. The Bertz CT molecular complexity index is 606. The Morgan fingerprint density at radius 3 is 1.52 bits per heavy atom. The molecule has 0 aliphatic carbocycles. The highest BCUT2D eigenvalue weighted by Crippen LogP contribution is 2.14. The highest BCUT2D eigenvalue weighted by molar-refractivity contribution is 6.03. The molecular weight excluding hydrogens is 272 g/mol. The van der Waals surface area contributed by atoms with E-state index in [9.17, 15) is 19.8 Å². The molecule has 0 saturated heterocycles. The highest BCUT2D eigenvalue weighted by atomic mass is 16.6. The highest BCUT2D eigenvalue weighted by Gasteiger charge is 2.19. The first-order chi connectivity index (χ1) is 10.2. The largest absolute Gasteiger partial charge is 0.392 e. The third kappa shape index (κ3) is 3.34. The summed E-state index contributed by atoms with van der Waals surface area (Å²) in [7, 11) is 0. The van der Waals surface area contributed by atoms with E-state index in [4.69, 9.17) is 4.74 Å². The number of carbonyl (C=O) groups is 2. The van der Waals surface area contributed by atoms with Crippen molar-refractivity contribution >= 4 is 11.9 Å². The monoisotopic (exact) mass is 286 g/mol. The molecule has 0 fully saturated rings. The summed E-state index contributed by atoms with van der Waals surface area (Å²) in [6, 6.07) is 12.7. The third-order valence-electron chi connectivity index (χ3n) is 3.00. The van der Waals surface area contributed by atoms with Crippen molar-refractivity contribution < 1.29 is 24.5 Å². The molecule has 5 heteroatoms. The molecule has 21 heavy (non-hydrogen) atoms. The lowest BCUT2D eigenvalue weighted by molar-refractivity contribution is 0.0393. The normalized spacial score (nSPS) is 10.2. The van der Waals surface area contributed by atoms with Crippen LogP contribution in [0.2, 0.25) is 0 Å². The van der Waals surface area contributed by atoms with E-state index in [0.717, 1.165) is 0 Å². The van der Waals surface area contributed by atoms with Gasteiger partial charge in [0.05, 0.1) is 24.3 Å². The lowest BCUT2D eigenvalue weighted by atomic mass is 10.1. The first-order valence-electron chi connectivity index (χ1n) is 6.31. The molecule has 0 heterocycles. The summed E-state index contributed by atoms with van der Waals surface area (Å²) in [6.07, 6.45) is 0. The lowest BCUT2D eigenvalue weighted by Gasteiger charge is -2.08. The molecule has 2 aromatic rings. The number of benzene rings is 2. The van der Waals surface area contributed by atoms with E-state index in [-0.39, 0.29) is 24.3 Å². The minimum atomic E-state index is -0.836. The van der Waals surface area contributed by atoms with Crippen molar-refractivity contribution in [3.63, 3.8) is 0 Å². The number of ether oxygens (including phenoxy) is 1. The van der Waals surface area contributed by atoms with Crippen LogP contribution in [0.15, 0.2) is 48.5 Å². The molecule has 0 aromatic heterocycles. The van der Waals surface area contributed by atoms with E-state index in [1.54, 1.807) is 36.4 Å². The third-order valence-corrected chi connectivity index (χ3v) is 3.00. The minimum absolute atomic E-state index is 0.134. The molecule has 5 nitrogen and oxygen atoms in total. The van der Waals surface area contributed by atoms with Gasteiger partial charge in [-0.25, -0.2) is 9.59 Å². The summed E-state index contributed by atoms with van der Waals surface area (Å²) in [5, 5.41) is 18.3. The molecule has 0 aliphatic heterocycles. The van der Waals surface area contributed by atoms with Gasteiger partial charge in [-0.3, -0.25) is 0 Å². The zero-order chi connectivity index (χ0) is 15.2. The van der Waals surface area contributed by atoms with E-state index in [2.05, 4.69) is 0 Å². The quantitative estimate of drug-likeness (QED) is 0.659. The maximum Gasteiger partial charge on any atom is 0.346 e. The number of esters is 2. The second-order valence-electron chi connectivity index (χ2n) is 4.31. The molecule has 108 valence electrons. The van der Waals surface area contributed by atoms with E-state index in [1.165, 1.54) is 12.1 Å². The number of aliphatic hydroxyl groups excluding tert-OH is 2. The predicted molar refractivity (Wildman–Crippen MR) is 74.5 cm³/mol. The topological polar surface area (TPSA) is 83.8 Å². The van der Waals surface area contributed by atoms with Gasteiger partial charge in [-0.15, -0.1) is 0 Å². The number of aliphatic hydroxyl groups is 2. The fraction of sp³-hybridized carbons (Fsp3) is 0.125. The van der Waals surface area contributed by atoms with Crippen LogP contribution in [0.1, 0.15) is 31.8 Å². The number of carbonyl (C=O) groups excluding carboxylic acids is 2. The second-order valence-corrected chi connectivity index (χ2v) is 4.31. The summed E-state index contributed by atoms with van der Waals surface area (Å²) in [5.41, 5.74) is 1.03. The van der Waals surface area contributed by atoms with Crippen LogP contribution in [0.5, 0.6) is 0 Å². The van der Waals surface area contributed by atoms with Crippen molar-refractivity contribution in [3.05, 3.63) is 70.8 Å². The molecule has 0 amide bonds. The Balaban J connectivity index is 2.21. The van der Waals surface area contributed by atoms with E-state index in [0.29, 0.717) is 11.1 Å². The molecule has 2 N–H and O–H groups in total. The zero-order valence-electron chi connectivity index (χ0n) is 11.2. The van der Waals surface area contributed by atoms with Crippen molar-refractivity contribution in [2.75, 3.05) is 0 Å². The van der Waals surface area contributed by atoms with Crippen LogP contribution in [-0.2, 0) is 18.0 Å². The Labute approximate surface area is 121 Å². The summed E-state index contributed by atoms with van der Waals surface area (Å²) in [5.74, 6) is -1.67. The zero-order valence-corrected chi connectivity index (χ0v) is 11.2. The van der Waals surface area contributed by atoms with Gasteiger partial charge >= 0.3 is 11.9 Å². The van der Waals surface area contributed by atoms with Crippen molar-refractivity contribution in [3.8, 4) is 0 Å². The molecule has 0 spiro atoms. The first-order valence-corrected chi connectivity index (χ1v) is 6.31. The molecule has 0 saturated carbocycles.